The molecule has 2 nitrogen and oxygen atoms in total. The van der Waals surface area contributed by atoms with Gasteiger partial charge in [0.25, 0.3) is 5.65 Å². The SMILES string of the molecule is CC[n+]1c2ccc(Cl)cc2n2ccc(C)cc21. The predicted octanol–water partition coefficient (Wildman–Crippen LogP) is 3.36. The van der Waals surface area contributed by atoms with Crippen LogP contribution in [0.4, 0.5) is 0 Å². The van der Waals surface area contributed by atoms with E-state index in [1.165, 1.54) is 16.7 Å². The van der Waals surface area contributed by atoms with Gasteiger partial charge in [0.1, 0.15) is 0 Å². The number of aryl methyl sites for hydroxylation is 2. The molecule has 2 aromatic heterocycles. The van der Waals surface area contributed by atoms with Crippen LogP contribution >= 0.6 is 11.6 Å². The van der Waals surface area contributed by atoms with Crippen LogP contribution in [0.1, 0.15) is 12.5 Å². The molecule has 0 unspecified atom stereocenters. The zero-order valence-electron chi connectivity index (χ0n) is 9.94. The van der Waals surface area contributed by atoms with E-state index in [0.717, 1.165) is 17.1 Å². The van der Waals surface area contributed by atoms with Gasteiger partial charge in [0, 0.05) is 17.2 Å². The molecule has 0 radical (unpaired) electrons. The second-order valence-corrected chi connectivity index (χ2v) is 4.75. The van der Waals surface area contributed by atoms with Gasteiger partial charge in [-0.05, 0) is 37.6 Å². The zero-order chi connectivity index (χ0) is 12.0. The second-order valence-electron chi connectivity index (χ2n) is 4.31. The van der Waals surface area contributed by atoms with Crippen molar-refractivity contribution in [2.24, 2.45) is 0 Å². The molecule has 3 rings (SSSR count). The van der Waals surface area contributed by atoms with Crippen LogP contribution in [-0.4, -0.2) is 4.40 Å². The first-order chi connectivity index (χ1) is 8.20. The van der Waals surface area contributed by atoms with Gasteiger partial charge < -0.3 is 0 Å². The molecule has 0 atom stereocenters. The third-order valence-corrected chi connectivity index (χ3v) is 3.41. The zero-order valence-corrected chi connectivity index (χ0v) is 10.7. The Kier molecular flexibility index (Phi) is 2.33. The number of nitrogens with zero attached hydrogens (tertiary/aromatic N) is 2. The Hall–Kier alpha value is -1.54. The van der Waals surface area contributed by atoms with E-state index in [1.807, 2.05) is 12.1 Å². The van der Waals surface area contributed by atoms with Crippen LogP contribution in [0, 0.1) is 6.92 Å². The molecule has 1 aromatic carbocycles. The minimum absolute atomic E-state index is 0.778. The number of hydrogen-bond donors (Lipinski definition) is 0. The first-order valence-corrected chi connectivity index (χ1v) is 6.18. The van der Waals surface area contributed by atoms with E-state index >= 15 is 0 Å². The molecule has 0 saturated heterocycles. The average molecular weight is 246 g/mol. The third kappa shape index (κ3) is 1.52. The summed E-state index contributed by atoms with van der Waals surface area (Å²) < 4.78 is 4.50. The summed E-state index contributed by atoms with van der Waals surface area (Å²) in [6.45, 7) is 5.24. The molecule has 0 bridgehead atoms. The maximum absolute atomic E-state index is 6.08. The van der Waals surface area contributed by atoms with Gasteiger partial charge in [-0.15, -0.1) is 0 Å². The van der Waals surface area contributed by atoms with E-state index in [4.69, 9.17) is 11.6 Å². The molecule has 0 spiro atoms. The smallest absolute Gasteiger partial charge is 0.223 e. The van der Waals surface area contributed by atoms with E-state index in [-0.39, 0.29) is 0 Å². The van der Waals surface area contributed by atoms with Gasteiger partial charge in [-0.2, -0.15) is 4.40 Å². The lowest BCUT2D eigenvalue weighted by Gasteiger charge is -1.93. The fourth-order valence-corrected chi connectivity index (χ4v) is 2.54. The van der Waals surface area contributed by atoms with Gasteiger partial charge in [-0.25, -0.2) is 4.57 Å². The van der Waals surface area contributed by atoms with Crippen molar-refractivity contribution in [2.75, 3.05) is 0 Å². The third-order valence-electron chi connectivity index (χ3n) is 3.17. The van der Waals surface area contributed by atoms with Crippen molar-refractivity contribution in [1.29, 1.82) is 0 Å². The molecular weight excluding hydrogens is 232 g/mol. The molecule has 17 heavy (non-hydrogen) atoms. The fourth-order valence-electron chi connectivity index (χ4n) is 2.37. The van der Waals surface area contributed by atoms with E-state index < -0.39 is 0 Å². The number of rotatable bonds is 1. The van der Waals surface area contributed by atoms with Gasteiger partial charge in [0.05, 0.1) is 12.7 Å². The van der Waals surface area contributed by atoms with E-state index in [0.29, 0.717) is 0 Å². The van der Waals surface area contributed by atoms with E-state index in [2.05, 4.69) is 47.2 Å². The molecule has 86 valence electrons. The number of aromatic nitrogens is 2. The van der Waals surface area contributed by atoms with Crippen LogP contribution in [0.5, 0.6) is 0 Å². The minimum Gasteiger partial charge on any atom is -0.223 e. The van der Waals surface area contributed by atoms with Crippen molar-refractivity contribution in [3.05, 3.63) is 47.1 Å². The van der Waals surface area contributed by atoms with Crippen LogP contribution in [0.3, 0.4) is 0 Å². The molecular formula is C14H14ClN2+. The molecule has 3 heteroatoms. The fraction of sp³-hybridized carbons (Fsp3) is 0.214. The Morgan fingerprint density at radius 3 is 2.82 bits per heavy atom. The van der Waals surface area contributed by atoms with Gasteiger partial charge in [-0.3, -0.25) is 0 Å². The summed E-state index contributed by atoms with van der Waals surface area (Å²) in [5, 5.41) is 0.778. The van der Waals surface area contributed by atoms with Crippen molar-refractivity contribution < 1.29 is 4.57 Å². The highest BCUT2D eigenvalue weighted by atomic mass is 35.5. The Bertz CT molecular complexity index is 713. The van der Waals surface area contributed by atoms with Crippen molar-refractivity contribution in [3.63, 3.8) is 0 Å². The van der Waals surface area contributed by atoms with Crippen molar-refractivity contribution in [3.8, 4) is 0 Å². The number of hydrogen-bond acceptors (Lipinski definition) is 0. The Labute approximate surface area is 105 Å². The Morgan fingerprint density at radius 1 is 1.24 bits per heavy atom. The van der Waals surface area contributed by atoms with Crippen molar-refractivity contribution in [1.82, 2.24) is 4.40 Å². The molecule has 0 saturated carbocycles. The van der Waals surface area contributed by atoms with E-state index in [1.54, 1.807) is 0 Å². The number of benzene rings is 1. The first kappa shape index (κ1) is 10.6. The summed E-state index contributed by atoms with van der Waals surface area (Å²) in [7, 11) is 0. The molecule has 0 aliphatic rings. The van der Waals surface area contributed by atoms with E-state index in [9.17, 15) is 0 Å². The van der Waals surface area contributed by atoms with Crippen molar-refractivity contribution in [2.45, 2.75) is 20.4 Å². The lowest BCUT2D eigenvalue weighted by molar-refractivity contribution is -0.642. The summed E-state index contributed by atoms with van der Waals surface area (Å²) >= 11 is 6.08. The second kappa shape index (κ2) is 3.74. The molecule has 0 aliphatic carbocycles. The van der Waals surface area contributed by atoms with Gasteiger partial charge in [0.15, 0.2) is 11.0 Å². The predicted molar refractivity (Wildman–Crippen MR) is 70.5 cm³/mol. The normalized spacial score (nSPS) is 11.5. The molecule has 0 N–H and O–H groups in total. The van der Waals surface area contributed by atoms with Crippen LogP contribution < -0.4 is 4.57 Å². The van der Waals surface area contributed by atoms with Crippen LogP contribution in [0.15, 0.2) is 36.5 Å². The molecule has 0 aliphatic heterocycles. The summed E-state index contributed by atoms with van der Waals surface area (Å²) in [6, 6.07) is 10.4. The summed E-state index contributed by atoms with van der Waals surface area (Å²) in [4.78, 5) is 0. The van der Waals surface area contributed by atoms with Gasteiger partial charge in [-0.1, -0.05) is 11.6 Å². The average Bonchev–Trinajstić information content (AvgIpc) is 2.61. The highest BCUT2D eigenvalue weighted by Crippen LogP contribution is 2.20. The largest absolute Gasteiger partial charge is 0.287 e. The molecule has 3 aromatic rings. The van der Waals surface area contributed by atoms with Crippen LogP contribution in [-0.2, 0) is 6.54 Å². The highest BCUT2D eigenvalue weighted by molar-refractivity contribution is 6.31. The quantitative estimate of drug-likeness (QED) is 0.581. The lowest BCUT2D eigenvalue weighted by Crippen LogP contribution is -2.31. The topological polar surface area (TPSA) is 8.29 Å². The summed E-state index contributed by atoms with van der Waals surface area (Å²) in [6.07, 6.45) is 2.11. The van der Waals surface area contributed by atoms with Gasteiger partial charge in [0.2, 0.25) is 0 Å². The van der Waals surface area contributed by atoms with Gasteiger partial charge >= 0.3 is 0 Å². The summed E-state index contributed by atoms with van der Waals surface area (Å²) in [5.41, 5.74) is 4.87. The standard InChI is InChI=1S/C14H14ClN2/c1-3-16-12-5-4-11(15)9-13(12)17-7-6-10(2)8-14(16)17/h4-9H,3H2,1-2H3/q+1. The Balaban J connectivity index is 2.56. The monoisotopic (exact) mass is 245 g/mol. The Morgan fingerprint density at radius 2 is 2.06 bits per heavy atom. The number of imidazole rings is 1. The van der Waals surface area contributed by atoms with Crippen LogP contribution in [0.25, 0.3) is 16.7 Å². The molecule has 0 amide bonds. The minimum atomic E-state index is 0.778. The van der Waals surface area contributed by atoms with Crippen molar-refractivity contribution >= 4 is 28.3 Å². The highest BCUT2D eigenvalue weighted by Gasteiger charge is 2.17. The number of pyridine rings is 1. The maximum Gasteiger partial charge on any atom is 0.287 e. The summed E-state index contributed by atoms with van der Waals surface area (Å²) in [5.74, 6) is 0. The first-order valence-electron chi connectivity index (χ1n) is 5.80. The number of halogens is 1. The lowest BCUT2D eigenvalue weighted by atomic mass is 10.3. The maximum atomic E-state index is 6.08. The molecule has 2 heterocycles. The van der Waals surface area contributed by atoms with Crippen LogP contribution in [0.2, 0.25) is 5.02 Å². The molecule has 0 fully saturated rings. The number of fused-ring (bicyclic) bond motifs is 3.